The van der Waals surface area contributed by atoms with Gasteiger partial charge in [-0.25, -0.2) is 4.79 Å². The maximum atomic E-state index is 12.4. The van der Waals surface area contributed by atoms with Crippen LogP contribution in [0.5, 0.6) is 0 Å². The van der Waals surface area contributed by atoms with Gasteiger partial charge in [-0.1, -0.05) is 97.1 Å². The maximum Gasteiger partial charge on any atom is 0.320 e. The van der Waals surface area contributed by atoms with E-state index in [9.17, 15) is 4.79 Å². The van der Waals surface area contributed by atoms with Crippen LogP contribution in [0.15, 0.2) is 103 Å². The molecule has 3 nitrogen and oxygen atoms in total. The number of urea groups is 1. The lowest BCUT2D eigenvalue weighted by atomic mass is 9.89. The van der Waals surface area contributed by atoms with Crippen molar-refractivity contribution < 1.29 is 4.79 Å². The summed E-state index contributed by atoms with van der Waals surface area (Å²) in [5, 5.41) is 6.05. The van der Waals surface area contributed by atoms with E-state index in [4.69, 9.17) is 0 Å². The summed E-state index contributed by atoms with van der Waals surface area (Å²) in [5.74, 6) is 0. The van der Waals surface area contributed by atoms with Crippen molar-refractivity contribution in [3.05, 3.63) is 119 Å². The van der Waals surface area contributed by atoms with Crippen molar-refractivity contribution >= 4 is 17.7 Å². The lowest BCUT2D eigenvalue weighted by Gasteiger charge is -2.30. The van der Waals surface area contributed by atoms with Crippen LogP contribution in [-0.4, -0.2) is 6.03 Å². The SMILES string of the molecule is O=C1NC(C=Cc2ccccc2)=C(c2ccccc2)C(c2ccccc2)N1. The van der Waals surface area contributed by atoms with Gasteiger partial charge in [0, 0.05) is 11.3 Å². The van der Waals surface area contributed by atoms with Gasteiger partial charge in [-0.15, -0.1) is 0 Å². The first kappa shape index (κ1) is 16.9. The van der Waals surface area contributed by atoms with E-state index in [1.54, 1.807) is 0 Å². The van der Waals surface area contributed by atoms with Crippen LogP contribution in [-0.2, 0) is 0 Å². The second kappa shape index (κ2) is 7.75. The molecule has 3 aromatic rings. The fourth-order valence-corrected chi connectivity index (χ4v) is 3.30. The summed E-state index contributed by atoms with van der Waals surface area (Å²) < 4.78 is 0. The highest BCUT2D eigenvalue weighted by Crippen LogP contribution is 2.34. The summed E-state index contributed by atoms with van der Waals surface area (Å²) in [5.41, 5.74) is 5.07. The Hall–Kier alpha value is -3.59. The normalized spacial score (nSPS) is 16.9. The van der Waals surface area contributed by atoms with E-state index in [1.165, 1.54) is 0 Å². The summed E-state index contributed by atoms with van der Waals surface area (Å²) >= 11 is 0. The van der Waals surface area contributed by atoms with E-state index in [0.29, 0.717) is 0 Å². The van der Waals surface area contributed by atoms with Crippen LogP contribution in [0.4, 0.5) is 4.79 Å². The molecule has 0 spiro atoms. The molecule has 0 aliphatic carbocycles. The molecule has 27 heavy (non-hydrogen) atoms. The predicted octanol–water partition coefficient (Wildman–Crippen LogP) is 5.17. The molecule has 0 bridgehead atoms. The zero-order chi connectivity index (χ0) is 18.5. The molecule has 0 radical (unpaired) electrons. The fraction of sp³-hybridized carbons (Fsp3) is 0.0417. The van der Waals surface area contributed by atoms with Gasteiger partial charge in [-0.2, -0.15) is 0 Å². The van der Waals surface area contributed by atoms with Gasteiger partial charge in [-0.05, 0) is 22.8 Å². The van der Waals surface area contributed by atoms with Crippen LogP contribution in [0.3, 0.4) is 0 Å². The van der Waals surface area contributed by atoms with Gasteiger partial charge >= 0.3 is 6.03 Å². The Labute approximate surface area is 159 Å². The number of allylic oxidation sites excluding steroid dienone is 1. The second-order valence-electron chi connectivity index (χ2n) is 6.38. The average molecular weight is 352 g/mol. The minimum atomic E-state index is -0.210. The van der Waals surface area contributed by atoms with Crippen LogP contribution in [0.2, 0.25) is 0 Å². The summed E-state index contributed by atoms with van der Waals surface area (Å²) in [6, 6.07) is 29.9. The Morgan fingerprint density at radius 2 is 1.30 bits per heavy atom. The van der Waals surface area contributed by atoms with Crippen molar-refractivity contribution in [3.8, 4) is 0 Å². The lowest BCUT2D eigenvalue weighted by Crippen LogP contribution is -2.43. The largest absolute Gasteiger partial charge is 0.327 e. The molecule has 3 heteroatoms. The highest BCUT2D eigenvalue weighted by molar-refractivity contribution is 5.90. The van der Waals surface area contributed by atoms with E-state index >= 15 is 0 Å². The molecule has 0 saturated heterocycles. The van der Waals surface area contributed by atoms with Crippen LogP contribution >= 0.6 is 0 Å². The molecule has 2 amide bonds. The summed E-state index contributed by atoms with van der Waals surface area (Å²) in [4.78, 5) is 12.4. The lowest BCUT2D eigenvalue weighted by molar-refractivity contribution is 0.240. The van der Waals surface area contributed by atoms with Gasteiger partial charge < -0.3 is 10.6 Å². The number of hydrogen-bond donors (Lipinski definition) is 2. The number of benzene rings is 3. The van der Waals surface area contributed by atoms with Gasteiger partial charge in [0.2, 0.25) is 0 Å². The Balaban J connectivity index is 1.84. The molecule has 0 saturated carbocycles. The minimum absolute atomic E-state index is 0.198. The van der Waals surface area contributed by atoms with Gasteiger partial charge in [-0.3, -0.25) is 0 Å². The Kier molecular flexibility index (Phi) is 4.84. The van der Waals surface area contributed by atoms with Crippen molar-refractivity contribution in [1.82, 2.24) is 10.6 Å². The molecule has 1 atom stereocenters. The van der Waals surface area contributed by atoms with Crippen LogP contribution in [0, 0.1) is 0 Å². The zero-order valence-electron chi connectivity index (χ0n) is 14.8. The highest BCUT2D eigenvalue weighted by atomic mass is 16.2. The first-order valence-corrected chi connectivity index (χ1v) is 8.96. The van der Waals surface area contributed by atoms with Gasteiger partial charge in [0.05, 0.1) is 6.04 Å². The van der Waals surface area contributed by atoms with Crippen molar-refractivity contribution in [2.45, 2.75) is 6.04 Å². The highest BCUT2D eigenvalue weighted by Gasteiger charge is 2.28. The molecule has 0 aromatic heterocycles. The van der Waals surface area contributed by atoms with Crippen LogP contribution in [0.25, 0.3) is 11.6 Å². The monoisotopic (exact) mass is 352 g/mol. The van der Waals surface area contributed by atoms with Crippen molar-refractivity contribution in [2.24, 2.45) is 0 Å². The molecule has 1 aliphatic rings. The molecule has 2 N–H and O–H groups in total. The number of carbonyl (C=O) groups is 1. The van der Waals surface area contributed by atoms with E-state index in [0.717, 1.165) is 28.0 Å². The van der Waals surface area contributed by atoms with E-state index in [1.807, 2.05) is 91.0 Å². The van der Waals surface area contributed by atoms with Gasteiger partial charge in [0.15, 0.2) is 0 Å². The maximum absolute atomic E-state index is 12.4. The van der Waals surface area contributed by atoms with Crippen molar-refractivity contribution in [2.75, 3.05) is 0 Å². The summed E-state index contributed by atoms with van der Waals surface area (Å²) in [6.07, 6.45) is 4.00. The topological polar surface area (TPSA) is 41.1 Å². The van der Waals surface area contributed by atoms with E-state index in [2.05, 4.69) is 22.8 Å². The number of carbonyl (C=O) groups excluding carboxylic acids is 1. The molecule has 3 aromatic carbocycles. The average Bonchev–Trinajstić information content (AvgIpc) is 2.74. The molecule has 1 unspecified atom stereocenters. The molecule has 4 rings (SSSR count). The third-order valence-electron chi connectivity index (χ3n) is 4.56. The van der Waals surface area contributed by atoms with Crippen molar-refractivity contribution in [3.63, 3.8) is 0 Å². The first-order chi connectivity index (χ1) is 13.3. The van der Waals surface area contributed by atoms with Crippen molar-refractivity contribution in [1.29, 1.82) is 0 Å². The number of hydrogen-bond acceptors (Lipinski definition) is 1. The fourth-order valence-electron chi connectivity index (χ4n) is 3.30. The summed E-state index contributed by atoms with van der Waals surface area (Å²) in [7, 11) is 0. The van der Waals surface area contributed by atoms with Gasteiger partial charge in [0.1, 0.15) is 0 Å². The van der Waals surface area contributed by atoms with E-state index < -0.39 is 0 Å². The van der Waals surface area contributed by atoms with Crippen LogP contribution < -0.4 is 10.6 Å². The van der Waals surface area contributed by atoms with Gasteiger partial charge in [0.25, 0.3) is 0 Å². The predicted molar refractivity (Wildman–Crippen MR) is 110 cm³/mol. The molecule has 1 aliphatic heterocycles. The van der Waals surface area contributed by atoms with Crippen LogP contribution in [0.1, 0.15) is 22.7 Å². The molecule has 1 heterocycles. The smallest absolute Gasteiger partial charge is 0.320 e. The third-order valence-corrected chi connectivity index (χ3v) is 4.56. The minimum Gasteiger partial charge on any atom is -0.327 e. The summed E-state index contributed by atoms with van der Waals surface area (Å²) in [6.45, 7) is 0. The Bertz CT molecular complexity index is 977. The zero-order valence-corrected chi connectivity index (χ0v) is 14.8. The molecule has 0 fully saturated rings. The first-order valence-electron chi connectivity index (χ1n) is 8.96. The Morgan fingerprint density at radius 3 is 1.96 bits per heavy atom. The number of amides is 2. The molecular formula is C24H20N2O. The molecule has 132 valence electrons. The number of nitrogens with one attached hydrogen (secondary N) is 2. The Morgan fingerprint density at radius 1 is 0.704 bits per heavy atom. The molecular weight excluding hydrogens is 332 g/mol. The van der Waals surface area contributed by atoms with E-state index in [-0.39, 0.29) is 12.1 Å². The number of rotatable bonds is 4. The standard InChI is InChI=1S/C24H20N2O/c27-24-25-21(17-16-18-10-4-1-5-11-18)22(19-12-6-2-7-13-19)23(26-24)20-14-8-3-9-15-20/h1-17,23H,(H2,25,26,27). The quantitative estimate of drug-likeness (QED) is 0.668. The third kappa shape index (κ3) is 3.82. The second-order valence-corrected chi connectivity index (χ2v) is 6.38.